The summed E-state index contributed by atoms with van der Waals surface area (Å²) in [6, 6.07) is 6.91. The van der Waals surface area contributed by atoms with E-state index in [1.54, 1.807) is 6.20 Å². The molecule has 2 N–H and O–H groups in total. The van der Waals surface area contributed by atoms with Gasteiger partial charge in [-0.15, -0.1) is 0 Å². The first-order valence-electron chi connectivity index (χ1n) is 9.83. The van der Waals surface area contributed by atoms with Gasteiger partial charge in [0.15, 0.2) is 5.78 Å². The predicted molar refractivity (Wildman–Crippen MR) is 104 cm³/mol. The molecule has 154 valence electrons. The summed E-state index contributed by atoms with van der Waals surface area (Å²) in [7, 11) is -4.20. The third-order valence-corrected chi connectivity index (χ3v) is 7.51. The highest BCUT2D eigenvalue weighted by atomic mass is 32.2. The highest BCUT2D eigenvalue weighted by molar-refractivity contribution is 7.85. The molecule has 0 aliphatic carbocycles. The Bertz CT molecular complexity index is 1090. The first-order valence-corrected chi connectivity index (χ1v) is 11.4. The van der Waals surface area contributed by atoms with E-state index in [0.29, 0.717) is 24.8 Å². The molecule has 2 aromatic rings. The lowest BCUT2D eigenvalue weighted by Crippen LogP contribution is -2.69. The zero-order valence-electron chi connectivity index (χ0n) is 15.7. The minimum atomic E-state index is -4.20. The van der Waals surface area contributed by atoms with Crippen LogP contribution in [0.1, 0.15) is 29.6 Å². The molecule has 4 fully saturated rings. The zero-order valence-corrected chi connectivity index (χ0v) is 16.5. The average molecular weight is 418 g/mol. The molecule has 8 nitrogen and oxygen atoms in total. The number of piperidine rings is 4. The van der Waals surface area contributed by atoms with Crippen LogP contribution >= 0.6 is 0 Å². The van der Waals surface area contributed by atoms with Gasteiger partial charge in [-0.1, -0.05) is 18.2 Å². The zero-order chi connectivity index (χ0) is 20.3. The molecule has 9 heteroatoms. The minimum absolute atomic E-state index is 0.00833. The summed E-state index contributed by atoms with van der Waals surface area (Å²) in [5.41, 5.74) is 1.28. The van der Waals surface area contributed by atoms with Gasteiger partial charge in [0.05, 0.1) is 17.4 Å². The second kappa shape index (κ2) is 6.65. The van der Waals surface area contributed by atoms with Crippen LogP contribution in [0.3, 0.4) is 0 Å². The number of esters is 1. The Morgan fingerprint density at radius 2 is 2.07 bits per heavy atom. The highest BCUT2D eigenvalue weighted by Gasteiger charge is 2.56. The van der Waals surface area contributed by atoms with Gasteiger partial charge in [-0.3, -0.25) is 14.2 Å². The number of ketones is 1. The summed E-state index contributed by atoms with van der Waals surface area (Å²) in [5, 5.41) is 0.775. The largest absolute Gasteiger partial charge is 0.459 e. The molecule has 4 bridgehead atoms. The van der Waals surface area contributed by atoms with Gasteiger partial charge >= 0.3 is 5.97 Å². The second-order valence-electron chi connectivity index (χ2n) is 8.28. The SMILES string of the molecule is O=C(OC1CC2C(=O)C3CCN2C(C1)C3CS(=O)(=O)O)c1c[nH]c2ccccc12. The molecule has 6 atom stereocenters. The van der Waals surface area contributed by atoms with E-state index in [-0.39, 0.29) is 23.8 Å². The average Bonchev–Trinajstić information content (AvgIpc) is 3.10. The smallest absolute Gasteiger partial charge is 0.340 e. The number of carbonyl (C=O) groups excluding carboxylic acids is 2. The molecule has 0 radical (unpaired) electrons. The number of nitrogens with one attached hydrogen (secondary N) is 1. The Labute approximate surface area is 168 Å². The van der Waals surface area contributed by atoms with Crippen LogP contribution in [0.2, 0.25) is 0 Å². The summed E-state index contributed by atoms with van der Waals surface area (Å²) >= 11 is 0. The molecule has 5 heterocycles. The number of H-pyrrole nitrogens is 1. The molecule has 4 aliphatic rings. The van der Waals surface area contributed by atoms with Crippen molar-refractivity contribution in [2.24, 2.45) is 11.8 Å². The number of hydrogen-bond acceptors (Lipinski definition) is 6. The standard InChI is InChI=1S/C20H22N2O6S/c23-19-13-5-6-22-17(15(13)10-29(25,26)27)7-11(8-18(19)22)28-20(24)14-9-21-16-4-2-1-3-12(14)16/h1-4,9,11,13,15,17-18,21H,5-8,10H2,(H,25,26,27). The maximum absolute atomic E-state index is 12.9. The van der Waals surface area contributed by atoms with E-state index < -0.39 is 33.9 Å². The third-order valence-electron chi connectivity index (χ3n) is 6.71. The number of carbonyl (C=O) groups is 2. The number of hydrogen-bond donors (Lipinski definition) is 2. The molecule has 1 aromatic carbocycles. The summed E-state index contributed by atoms with van der Waals surface area (Å²) in [6.07, 6.45) is 2.67. The van der Waals surface area contributed by atoms with Crippen LogP contribution in [-0.2, 0) is 19.6 Å². The molecule has 4 saturated heterocycles. The highest BCUT2D eigenvalue weighted by Crippen LogP contribution is 2.45. The lowest BCUT2D eigenvalue weighted by atomic mass is 9.65. The molecule has 6 rings (SSSR count). The van der Waals surface area contributed by atoms with Crippen LogP contribution in [0, 0.1) is 11.8 Å². The Hall–Kier alpha value is -2.23. The van der Waals surface area contributed by atoms with Crippen LogP contribution in [0.25, 0.3) is 10.9 Å². The van der Waals surface area contributed by atoms with Crippen molar-refractivity contribution in [1.82, 2.24) is 9.88 Å². The molecule has 0 spiro atoms. The summed E-state index contributed by atoms with van der Waals surface area (Å²) in [4.78, 5) is 30.7. The summed E-state index contributed by atoms with van der Waals surface area (Å²) < 4.78 is 38.2. The van der Waals surface area contributed by atoms with E-state index >= 15 is 0 Å². The fraction of sp³-hybridized carbons (Fsp3) is 0.500. The van der Waals surface area contributed by atoms with Gasteiger partial charge in [-0.05, 0) is 19.0 Å². The Morgan fingerprint density at radius 1 is 1.28 bits per heavy atom. The summed E-state index contributed by atoms with van der Waals surface area (Å²) in [6.45, 7) is 0.733. The van der Waals surface area contributed by atoms with E-state index in [2.05, 4.69) is 4.98 Å². The Kier molecular flexibility index (Phi) is 4.30. The van der Waals surface area contributed by atoms with E-state index in [0.717, 1.165) is 17.4 Å². The molecule has 29 heavy (non-hydrogen) atoms. The van der Waals surface area contributed by atoms with Gasteiger partial charge in [-0.2, -0.15) is 8.42 Å². The number of fused-ring (bicyclic) bond motifs is 2. The minimum Gasteiger partial charge on any atom is -0.459 e. The predicted octanol–water partition coefficient (Wildman–Crippen LogP) is 1.63. The van der Waals surface area contributed by atoms with E-state index in [4.69, 9.17) is 4.74 Å². The first kappa shape index (κ1) is 18.8. The van der Waals surface area contributed by atoms with E-state index in [1.807, 2.05) is 29.2 Å². The van der Waals surface area contributed by atoms with Crippen LogP contribution < -0.4 is 0 Å². The number of benzene rings is 1. The van der Waals surface area contributed by atoms with Crippen molar-refractivity contribution in [2.75, 3.05) is 12.3 Å². The van der Waals surface area contributed by atoms with Gasteiger partial charge in [0.25, 0.3) is 10.1 Å². The molecule has 0 saturated carbocycles. The molecular formula is C20H22N2O6S. The van der Waals surface area contributed by atoms with Crippen LogP contribution in [0.5, 0.6) is 0 Å². The molecule has 0 amide bonds. The Balaban J connectivity index is 1.38. The third kappa shape index (κ3) is 3.17. The van der Waals surface area contributed by atoms with Crippen LogP contribution in [0.4, 0.5) is 0 Å². The number of nitrogens with zero attached hydrogens (tertiary/aromatic N) is 1. The van der Waals surface area contributed by atoms with Gasteiger partial charge < -0.3 is 9.72 Å². The molecule has 4 aliphatic heterocycles. The lowest BCUT2D eigenvalue weighted by Gasteiger charge is -2.57. The van der Waals surface area contributed by atoms with E-state index in [1.165, 1.54) is 0 Å². The maximum atomic E-state index is 12.9. The quantitative estimate of drug-likeness (QED) is 0.572. The summed E-state index contributed by atoms with van der Waals surface area (Å²) in [5.74, 6) is -1.68. The van der Waals surface area contributed by atoms with Crippen molar-refractivity contribution in [3.63, 3.8) is 0 Å². The maximum Gasteiger partial charge on any atom is 0.340 e. The monoisotopic (exact) mass is 418 g/mol. The fourth-order valence-corrected chi connectivity index (χ4v) is 6.47. The number of aromatic nitrogens is 1. The molecule has 6 unspecified atom stereocenters. The fourth-order valence-electron chi connectivity index (χ4n) is 5.53. The number of rotatable bonds is 4. The van der Waals surface area contributed by atoms with Gasteiger partial charge in [0.2, 0.25) is 0 Å². The van der Waals surface area contributed by atoms with Crippen LogP contribution in [-0.4, -0.2) is 65.1 Å². The number of aromatic amines is 1. The normalized spacial score (nSPS) is 33.8. The first-order chi connectivity index (χ1) is 13.8. The lowest BCUT2D eigenvalue weighted by molar-refractivity contribution is -0.158. The molecule has 1 aromatic heterocycles. The molecular weight excluding hydrogens is 396 g/mol. The van der Waals surface area contributed by atoms with Crippen molar-refractivity contribution in [2.45, 2.75) is 37.5 Å². The van der Waals surface area contributed by atoms with Crippen molar-refractivity contribution >= 4 is 32.8 Å². The number of ether oxygens (including phenoxy) is 1. The number of para-hydroxylation sites is 1. The topological polar surface area (TPSA) is 117 Å². The van der Waals surface area contributed by atoms with Crippen molar-refractivity contribution < 1.29 is 27.3 Å². The van der Waals surface area contributed by atoms with E-state index in [9.17, 15) is 22.6 Å². The van der Waals surface area contributed by atoms with Crippen LogP contribution in [0.15, 0.2) is 30.5 Å². The van der Waals surface area contributed by atoms with Crippen molar-refractivity contribution in [3.05, 3.63) is 36.0 Å². The van der Waals surface area contributed by atoms with Gasteiger partial charge in [0.1, 0.15) is 6.10 Å². The van der Waals surface area contributed by atoms with Gasteiger partial charge in [0, 0.05) is 47.8 Å². The van der Waals surface area contributed by atoms with Gasteiger partial charge in [-0.25, -0.2) is 4.79 Å². The Morgan fingerprint density at radius 3 is 2.86 bits per heavy atom. The van der Waals surface area contributed by atoms with Crippen molar-refractivity contribution in [1.29, 1.82) is 0 Å². The second-order valence-corrected chi connectivity index (χ2v) is 9.77. The number of Topliss-reactive ketones (excluding diaryl/α,β-unsaturated/α-hetero) is 1. The van der Waals surface area contributed by atoms with Crippen molar-refractivity contribution in [3.8, 4) is 0 Å².